The van der Waals surface area contributed by atoms with Crippen LogP contribution in [0.4, 0.5) is 0 Å². The zero-order valence-electron chi connectivity index (χ0n) is 12.1. The summed E-state index contributed by atoms with van der Waals surface area (Å²) in [4.78, 5) is 27.6. The molecular weight excluding hydrogens is 242 g/mol. The van der Waals surface area contributed by atoms with Crippen molar-refractivity contribution in [3.8, 4) is 0 Å². The maximum atomic E-state index is 12.3. The van der Waals surface area contributed by atoms with Crippen LogP contribution >= 0.6 is 0 Å². The van der Waals surface area contributed by atoms with Crippen molar-refractivity contribution >= 4 is 11.7 Å². The Morgan fingerprint density at radius 2 is 1.95 bits per heavy atom. The van der Waals surface area contributed by atoms with Crippen molar-refractivity contribution in [1.29, 1.82) is 0 Å². The number of amides is 1. The first kappa shape index (κ1) is 13.8. The molecule has 0 spiro atoms. The first-order valence-corrected chi connectivity index (χ1v) is 6.52. The van der Waals surface area contributed by atoms with Crippen molar-refractivity contribution in [2.75, 3.05) is 33.2 Å². The molecule has 2 rings (SSSR count). The number of hydrogen-bond donors (Lipinski definition) is 0. The topological polar surface area (TPSA) is 45.6 Å². The van der Waals surface area contributed by atoms with Gasteiger partial charge in [0.1, 0.15) is 0 Å². The molecule has 0 unspecified atom stereocenters. The van der Waals surface area contributed by atoms with Crippen LogP contribution in [0.3, 0.4) is 0 Å². The molecule has 19 heavy (non-hydrogen) atoms. The van der Waals surface area contributed by atoms with Gasteiger partial charge in [0.25, 0.3) is 0 Å². The van der Waals surface area contributed by atoms with Crippen LogP contribution in [-0.4, -0.2) is 59.3 Å². The number of Topliss-reactive ketones (excluding diaryl/α,β-unsaturated/α-hetero) is 1. The number of rotatable bonds is 3. The maximum Gasteiger partial charge on any atom is 0.236 e. The third-order valence-electron chi connectivity index (χ3n) is 3.98. The van der Waals surface area contributed by atoms with Gasteiger partial charge in [0.15, 0.2) is 5.78 Å². The first-order chi connectivity index (χ1) is 8.90. The Balaban J connectivity index is 2.05. The third-order valence-corrected chi connectivity index (χ3v) is 3.98. The Morgan fingerprint density at radius 1 is 1.26 bits per heavy atom. The number of ketones is 1. The minimum atomic E-state index is 0.0833. The Labute approximate surface area is 113 Å². The number of aromatic nitrogens is 1. The molecular formula is C14H21N3O2. The second-order valence-corrected chi connectivity index (χ2v) is 5.29. The molecule has 1 aliphatic heterocycles. The first-order valence-electron chi connectivity index (χ1n) is 6.52. The number of nitrogens with zero attached hydrogens (tertiary/aromatic N) is 3. The highest BCUT2D eigenvalue weighted by Gasteiger charge is 2.24. The summed E-state index contributed by atoms with van der Waals surface area (Å²) in [6.07, 6.45) is 0. The van der Waals surface area contributed by atoms with Crippen LogP contribution in [0.5, 0.6) is 0 Å². The van der Waals surface area contributed by atoms with Crippen molar-refractivity contribution < 1.29 is 9.59 Å². The molecule has 1 saturated heterocycles. The third kappa shape index (κ3) is 2.71. The normalized spacial score (nSPS) is 17.1. The molecule has 5 nitrogen and oxygen atoms in total. The van der Waals surface area contributed by atoms with Crippen LogP contribution in [0.2, 0.25) is 0 Å². The van der Waals surface area contributed by atoms with Gasteiger partial charge in [-0.05, 0) is 19.9 Å². The van der Waals surface area contributed by atoms with Crippen molar-refractivity contribution in [2.45, 2.75) is 13.8 Å². The van der Waals surface area contributed by atoms with Gasteiger partial charge in [-0.25, -0.2) is 0 Å². The van der Waals surface area contributed by atoms with Gasteiger partial charge in [-0.2, -0.15) is 0 Å². The lowest BCUT2D eigenvalue weighted by atomic mass is 10.1. The largest absolute Gasteiger partial charge is 0.351 e. The van der Waals surface area contributed by atoms with E-state index in [9.17, 15) is 9.59 Å². The minimum absolute atomic E-state index is 0.0833. The van der Waals surface area contributed by atoms with Crippen LogP contribution in [0.25, 0.3) is 0 Å². The standard InChI is InChI=1S/C14H21N3O2/c1-10-7-12(11(2)16(10)4)13(18)8-17-6-5-15(3)14(19)9-17/h7H,5-6,8-9H2,1-4H3. The van der Waals surface area contributed by atoms with E-state index in [1.165, 1.54) is 0 Å². The van der Waals surface area contributed by atoms with E-state index in [0.29, 0.717) is 19.6 Å². The van der Waals surface area contributed by atoms with Gasteiger partial charge in [-0.3, -0.25) is 14.5 Å². The Hall–Kier alpha value is -1.62. The van der Waals surface area contributed by atoms with E-state index in [-0.39, 0.29) is 11.7 Å². The molecule has 0 atom stereocenters. The summed E-state index contributed by atoms with van der Waals surface area (Å²) in [5, 5.41) is 0. The Bertz CT molecular complexity index is 519. The molecule has 1 fully saturated rings. The van der Waals surface area contributed by atoms with Gasteiger partial charge in [0, 0.05) is 44.1 Å². The quantitative estimate of drug-likeness (QED) is 0.750. The van der Waals surface area contributed by atoms with Crippen molar-refractivity contribution in [3.05, 3.63) is 23.0 Å². The average molecular weight is 263 g/mol. The molecule has 0 bridgehead atoms. The SMILES string of the molecule is Cc1cc(C(=O)CN2CCN(C)C(=O)C2)c(C)n1C. The zero-order valence-corrected chi connectivity index (χ0v) is 12.1. The molecule has 1 aliphatic rings. The highest BCUT2D eigenvalue weighted by molar-refractivity contribution is 5.99. The van der Waals surface area contributed by atoms with Crippen molar-refractivity contribution in [1.82, 2.24) is 14.4 Å². The van der Waals surface area contributed by atoms with Crippen LogP contribution in [0.1, 0.15) is 21.7 Å². The van der Waals surface area contributed by atoms with Gasteiger partial charge in [0.05, 0.1) is 13.1 Å². The number of piperazine rings is 1. The molecule has 2 heterocycles. The number of hydrogen-bond acceptors (Lipinski definition) is 3. The predicted molar refractivity (Wildman–Crippen MR) is 73.3 cm³/mol. The molecule has 1 amide bonds. The van der Waals surface area contributed by atoms with Gasteiger partial charge in [-0.1, -0.05) is 0 Å². The molecule has 0 radical (unpaired) electrons. The van der Waals surface area contributed by atoms with E-state index in [1.807, 2.05) is 36.4 Å². The summed E-state index contributed by atoms with van der Waals surface area (Å²) in [6, 6.07) is 1.93. The van der Waals surface area contributed by atoms with Crippen LogP contribution in [-0.2, 0) is 11.8 Å². The van der Waals surface area contributed by atoms with Crippen molar-refractivity contribution in [3.63, 3.8) is 0 Å². The second kappa shape index (κ2) is 5.17. The van der Waals surface area contributed by atoms with Gasteiger partial charge in [-0.15, -0.1) is 0 Å². The minimum Gasteiger partial charge on any atom is -0.351 e. The van der Waals surface area contributed by atoms with E-state index < -0.39 is 0 Å². The highest BCUT2D eigenvalue weighted by atomic mass is 16.2. The van der Waals surface area contributed by atoms with E-state index in [1.54, 1.807) is 11.9 Å². The fourth-order valence-electron chi connectivity index (χ4n) is 2.37. The zero-order chi connectivity index (χ0) is 14.2. The predicted octanol–water partition coefficient (Wildman–Crippen LogP) is 0.599. The number of carbonyl (C=O) groups is 2. The lowest BCUT2D eigenvalue weighted by Crippen LogP contribution is -2.49. The number of aryl methyl sites for hydroxylation is 1. The maximum absolute atomic E-state index is 12.3. The van der Waals surface area contributed by atoms with E-state index >= 15 is 0 Å². The van der Waals surface area contributed by atoms with E-state index in [2.05, 4.69) is 0 Å². The lowest BCUT2D eigenvalue weighted by Gasteiger charge is -2.31. The molecule has 0 saturated carbocycles. The van der Waals surface area contributed by atoms with E-state index in [4.69, 9.17) is 0 Å². The Kier molecular flexibility index (Phi) is 3.75. The Morgan fingerprint density at radius 3 is 2.47 bits per heavy atom. The molecule has 0 N–H and O–H groups in total. The summed E-state index contributed by atoms with van der Waals surface area (Å²) >= 11 is 0. The molecule has 5 heteroatoms. The number of likely N-dealkylation sites (N-methyl/N-ethyl adjacent to an activating group) is 1. The van der Waals surface area contributed by atoms with Gasteiger partial charge >= 0.3 is 0 Å². The second-order valence-electron chi connectivity index (χ2n) is 5.29. The summed E-state index contributed by atoms with van der Waals surface area (Å²) in [6.45, 7) is 6.06. The fourth-order valence-corrected chi connectivity index (χ4v) is 2.37. The fraction of sp³-hybridized carbons (Fsp3) is 0.571. The highest BCUT2D eigenvalue weighted by Crippen LogP contribution is 2.14. The molecule has 104 valence electrons. The van der Waals surface area contributed by atoms with Crippen molar-refractivity contribution in [2.24, 2.45) is 7.05 Å². The number of carbonyl (C=O) groups excluding carboxylic acids is 2. The summed E-state index contributed by atoms with van der Waals surface area (Å²) in [5.74, 6) is 0.179. The molecule has 1 aromatic rings. The van der Waals surface area contributed by atoms with Crippen LogP contribution in [0.15, 0.2) is 6.07 Å². The molecule has 0 aromatic carbocycles. The smallest absolute Gasteiger partial charge is 0.236 e. The summed E-state index contributed by atoms with van der Waals surface area (Å²) < 4.78 is 2.02. The van der Waals surface area contributed by atoms with Crippen LogP contribution in [0, 0.1) is 13.8 Å². The summed E-state index contributed by atoms with van der Waals surface area (Å²) in [5.41, 5.74) is 2.84. The molecule has 0 aliphatic carbocycles. The monoisotopic (exact) mass is 263 g/mol. The van der Waals surface area contributed by atoms with Gasteiger partial charge < -0.3 is 9.47 Å². The lowest BCUT2D eigenvalue weighted by molar-refractivity contribution is -0.134. The van der Waals surface area contributed by atoms with Gasteiger partial charge in [0.2, 0.25) is 5.91 Å². The molecule has 1 aromatic heterocycles. The summed E-state index contributed by atoms with van der Waals surface area (Å²) in [7, 11) is 3.76. The average Bonchev–Trinajstić information content (AvgIpc) is 2.62. The van der Waals surface area contributed by atoms with Crippen LogP contribution < -0.4 is 0 Å². The van der Waals surface area contributed by atoms with E-state index in [0.717, 1.165) is 23.5 Å².